The average Bonchev–Trinajstić information content (AvgIpc) is 3.85. The molecule has 1 aliphatic carbocycles. The molecular formula is C32H35F7N6O3Si. The molecule has 264 valence electrons. The van der Waals surface area contributed by atoms with Gasteiger partial charge in [0, 0.05) is 45.9 Å². The molecular weight excluding hydrogens is 677 g/mol. The highest BCUT2D eigenvalue weighted by molar-refractivity contribution is 6.76. The van der Waals surface area contributed by atoms with E-state index in [2.05, 4.69) is 40.0 Å². The highest BCUT2D eigenvalue weighted by atomic mass is 28.3. The van der Waals surface area contributed by atoms with Crippen molar-refractivity contribution in [3.8, 4) is 11.4 Å². The van der Waals surface area contributed by atoms with Gasteiger partial charge >= 0.3 is 12.4 Å². The van der Waals surface area contributed by atoms with Crippen molar-refractivity contribution >= 4 is 24.5 Å². The Morgan fingerprint density at radius 3 is 2.31 bits per heavy atom. The van der Waals surface area contributed by atoms with Crippen molar-refractivity contribution in [1.29, 1.82) is 0 Å². The normalized spacial score (nSPS) is 14.7. The molecule has 0 radical (unpaired) electrons. The van der Waals surface area contributed by atoms with Crippen molar-refractivity contribution in [3.63, 3.8) is 0 Å². The zero-order valence-corrected chi connectivity index (χ0v) is 28.0. The predicted octanol–water partition coefficient (Wildman–Crippen LogP) is 7.18. The van der Waals surface area contributed by atoms with Gasteiger partial charge in [-0.3, -0.25) is 9.59 Å². The second kappa shape index (κ2) is 14.0. The van der Waals surface area contributed by atoms with Crippen LogP contribution in [0.15, 0.2) is 52.6 Å². The molecule has 17 heteroatoms. The van der Waals surface area contributed by atoms with Crippen molar-refractivity contribution in [2.45, 2.75) is 83.0 Å². The summed E-state index contributed by atoms with van der Waals surface area (Å²) in [4.78, 5) is 33.3. The molecule has 5 rings (SSSR count). The minimum absolute atomic E-state index is 0.0263. The summed E-state index contributed by atoms with van der Waals surface area (Å²) in [5, 5.41) is 7.18. The maximum Gasteiger partial charge on any atom is 0.423 e. The van der Waals surface area contributed by atoms with E-state index in [-0.39, 0.29) is 29.2 Å². The van der Waals surface area contributed by atoms with Crippen LogP contribution < -0.4 is 16.4 Å². The molecule has 3 aromatic heterocycles. The molecule has 49 heavy (non-hydrogen) atoms. The standard InChI is InChI=1S/C32H35F7N6O3Si/c1-49(2,3)12-11-48-18-45-30(47)27(32(37,38)39)26(17-42-45)43-25(19-6-7-19)5-4-9-44-10-8-20-13-23(24(33)14-22(20)29(44)46)28-40-15-21(16-41-28)31(34,35)36/h8,10,13-17,19,25,43H,4-7,9,11-12,18H2,1-3H3. The van der Waals surface area contributed by atoms with Gasteiger partial charge in [0.05, 0.1) is 28.4 Å². The second-order valence-corrected chi connectivity index (χ2v) is 19.0. The molecule has 1 unspecified atom stereocenters. The number of benzene rings is 1. The Hall–Kier alpha value is -4.12. The minimum atomic E-state index is -4.94. The van der Waals surface area contributed by atoms with Gasteiger partial charge in [0.2, 0.25) is 0 Å². The molecule has 0 amide bonds. The Balaban J connectivity index is 1.28. The van der Waals surface area contributed by atoms with Crippen LogP contribution >= 0.6 is 0 Å². The van der Waals surface area contributed by atoms with Crippen LogP contribution in [0.25, 0.3) is 22.2 Å². The van der Waals surface area contributed by atoms with Gasteiger partial charge in [0.15, 0.2) is 5.82 Å². The summed E-state index contributed by atoms with van der Waals surface area (Å²) >= 11 is 0. The largest absolute Gasteiger partial charge is 0.423 e. The molecule has 1 fully saturated rings. The summed E-state index contributed by atoms with van der Waals surface area (Å²) in [6.07, 6.45) is -3.71. The zero-order chi connectivity index (χ0) is 35.7. The highest BCUT2D eigenvalue weighted by Crippen LogP contribution is 2.39. The summed E-state index contributed by atoms with van der Waals surface area (Å²) in [5.41, 5.74) is -4.85. The van der Waals surface area contributed by atoms with E-state index < -0.39 is 66.9 Å². The number of hydrogen-bond acceptors (Lipinski definition) is 7. The molecule has 1 aliphatic rings. The first-order chi connectivity index (χ1) is 22.9. The van der Waals surface area contributed by atoms with E-state index in [0.717, 1.165) is 31.1 Å². The van der Waals surface area contributed by atoms with Crippen molar-refractivity contribution in [3.05, 3.63) is 80.6 Å². The first-order valence-electron chi connectivity index (χ1n) is 15.7. The molecule has 0 aliphatic heterocycles. The second-order valence-electron chi connectivity index (χ2n) is 13.3. The number of halogens is 7. The van der Waals surface area contributed by atoms with Gasteiger partial charge < -0.3 is 14.6 Å². The maximum atomic E-state index is 15.0. The van der Waals surface area contributed by atoms with Crippen molar-refractivity contribution in [1.82, 2.24) is 24.3 Å². The van der Waals surface area contributed by atoms with E-state index in [4.69, 9.17) is 4.74 Å². The number of ether oxygens (including phenoxy) is 1. The summed E-state index contributed by atoms with van der Waals surface area (Å²) < 4.78 is 103. The lowest BCUT2D eigenvalue weighted by molar-refractivity contribution is -0.139. The number of nitrogens with zero attached hydrogens (tertiary/aromatic N) is 5. The van der Waals surface area contributed by atoms with Gasteiger partial charge in [-0.1, -0.05) is 19.6 Å². The van der Waals surface area contributed by atoms with Gasteiger partial charge in [0.25, 0.3) is 11.1 Å². The SMILES string of the molecule is C[Si](C)(C)CCOCn1ncc(NC(CCCn2ccc3cc(-c4ncc(C(F)(F)F)cn4)c(F)cc3c2=O)C2CC2)c(C(F)(F)F)c1=O. The molecule has 3 heterocycles. The van der Waals surface area contributed by atoms with E-state index in [0.29, 0.717) is 41.9 Å². The monoisotopic (exact) mass is 712 g/mol. The third-order valence-electron chi connectivity index (χ3n) is 8.27. The molecule has 1 aromatic carbocycles. The summed E-state index contributed by atoms with van der Waals surface area (Å²) in [6.45, 7) is 6.47. The number of nitrogens with one attached hydrogen (secondary N) is 1. The number of aryl methyl sites for hydroxylation is 1. The Labute approximate surface area is 277 Å². The molecule has 1 N–H and O–H groups in total. The Morgan fingerprint density at radius 2 is 1.69 bits per heavy atom. The van der Waals surface area contributed by atoms with Crippen LogP contribution in [0, 0.1) is 11.7 Å². The quantitative estimate of drug-likeness (QED) is 0.0891. The fourth-order valence-corrected chi connectivity index (χ4v) is 6.12. The Kier molecular flexibility index (Phi) is 10.3. The summed E-state index contributed by atoms with van der Waals surface area (Å²) in [7, 11) is -1.44. The van der Waals surface area contributed by atoms with E-state index in [9.17, 15) is 35.9 Å². The van der Waals surface area contributed by atoms with Crippen LogP contribution in [-0.2, 0) is 30.4 Å². The lowest BCUT2D eigenvalue weighted by atomic mass is 10.0. The molecule has 0 spiro atoms. The molecule has 1 atom stereocenters. The van der Waals surface area contributed by atoms with Crippen LogP contribution in [0.2, 0.25) is 25.7 Å². The van der Waals surface area contributed by atoms with E-state index in [1.807, 2.05) is 0 Å². The number of fused-ring (bicyclic) bond motifs is 1. The number of pyridine rings is 1. The summed E-state index contributed by atoms with van der Waals surface area (Å²) in [5.74, 6) is -1.10. The van der Waals surface area contributed by atoms with Gasteiger partial charge in [-0.2, -0.15) is 31.4 Å². The zero-order valence-electron chi connectivity index (χ0n) is 27.0. The van der Waals surface area contributed by atoms with Gasteiger partial charge in [-0.05, 0) is 61.2 Å². The molecule has 4 aromatic rings. The van der Waals surface area contributed by atoms with Crippen LogP contribution in [0.3, 0.4) is 0 Å². The average molecular weight is 713 g/mol. The lowest BCUT2D eigenvalue weighted by Crippen LogP contribution is -2.34. The van der Waals surface area contributed by atoms with Crippen molar-refractivity contribution < 1.29 is 35.5 Å². The topological polar surface area (TPSA) is 104 Å². The molecule has 0 saturated heterocycles. The molecule has 1 saturated carbocycles. The minimum Gasteiger partial charge on any atom is -0.380 e. The van der Waals surface area contributed by atoms with Gasteiger partial charge in [0.1, 0.15) is 18.1 Å². The van der Waals surface area contributed by atoms with Crippen LogP contribution in [-0.4, -0.2) is 45.0 Å². The first-order valence-corrected chi connectivity index (χ1v) is 19.4. The van der Waals surface area contributed by atoms with Crippen LogP contribution in [0.5, 0.6) is 0 Å². The predicted molar refractivity (Wildman–Crippen MR) is 171 cm³/mol. The Morgan fingerprint density at radius 1 is 1.00 bits per heavy atom. The van der Waals surface area contributed by atoms with E-state index in [1.165, 1.54) is 16.8 Å². The first kappa shape index (κ1) is 36.2. The molecule has 9 nitrogen and oxygen atoms in total. The fraction of sp³-hybridized carbons (Fsp3) is 0.469. The third kappa shape index (κ3) is 8.92. The maximum absolute atomic E-state index is 15.0. The van der Waals surface area contributed by atoms with Crippen molar-refractivity contribution in [2.24, 2.45) is 5.92 Å². The highest BCUT2D eigenvalue weighted by Gasteiger charge is 2.40. The van der Waals surface area contributed by atoms with Crippen LogP contribution in [0.4, 0.5) is 36.4 Å². The number of aromatic nitrogens is 5. The fourth-order valence-electron chi connectivity index (χ4n) is 5.37. The Bertz CT molecular complexity index is 1920. The lowest BCUT2D eigenvalue weighted by Gasteiger charge is -2.23. The third-order valence-corrected chi connectivity index (χ3v) is 9.97. The van der Waals surface area contributed by atoms with Gasteiger partial charge in [-0.25, -0.2) is 19.0 Å². The number of alkyl halides is 6. The number of hydrogen-bond donors (Lipinski definition) is 1. The smallest absolute Gasteiger partial charge is 0.380 e. The summed E-state index contributed by atoms with van der Waals surface area (Å²) in [6, 6.07) is 4.16. The molecule has 0 bridgehead atoms. The number of rotatable bonds is 13. The van der Waals surface area contributed by atoms with E-state index >= 15 is 4.39 Å². The number of anilines is 1. The van der Waals surface area contributed by atoms with E-state index in [1.54, 1.807) is 6.07 Å². The van der Waals surface area contributed by atoms with Crippen molar-refractivity contribution in [2.75, 3.05) is 11.9 Å². The van der Waals surface area contributed by atoms with Gasteiger partial charge in [-0.15, -0.1) is 0 Å². The van der Waals surface area contributed by atoms with Crippen LogP contribution in [0.1, 0.15) is 36.8 Å².